The Morgan fingerprint density at radius 3 is 2.39 bits per heavy atom. The first kappa shape index (κ1) is 20.8. The van der Waals surface area contributed by atoms with Crippen LogP contribution in [0.4, 0.5) is 24.7 Å². The van der Waals surface area contributed by atoms with Crippen molar-refractivity contribution in [1.29, 1.82) is 0 Å². The first-order chi connectivity index (χ1) is 14.8. The number of thiophene rings is 1. The van der Waals surface area contributed by atoms with Crippen LogP contribution in [0.25, 0.3) is 20.7 Å². The van der Waals surface area contributed by atoms with E-state index in [-0.39, 0.29) is 5.91 Å². The molecule has 0 aliphatic heterocycles. The smallest absolute Gasteiger partial charge is 0.365 e. The molecule has 4 rings (SSSR count). The Kier molecular flexibility index (Phi) is 5.60. The Morgan fingerprint density at radius 2 is 1.74 bits per heavy atom. The number of nitrogens with zero attached hydrogens (tertiary/aromatic N) is 2. The second-order valence-corrected chi connectivity index (χ2v) is 7.89. The van der Waals surface area contributed by atoms with Gasteiger partial charge in [-0.25, -0.2) is 9.97 Å². The van der Waals surface area contributed by atoms with Crippen molar-refractivity contribution in [1.82, 2.24) is 9.97 Å². The van der Waals surface area contributed by atoms with Gasteiger partial charge in [0.05, 0.1) is 10.9 Å². The van der Waals surface area contributed by atoms with Crippen LogP contribution in [-0.2, 0) is 17.5 Å². The van der Waals surface area contributed by atoms with Crippen molar-refractivity contribution in [3.8, 4) is 10.4 Å². The molecule has 0 unspecified atom stereocenters. The minimum absolute atomic E-state index is 0.131. The van der Waals surface area contributed by atoms with E-state index in [4.69, 9.17) is 0 Å². The van der Waals surface area contributed by atoms with Gasteiger partial charge in [0.15, 0.2) is 0 Å². The van der Waals surface area contributed by atoms with Crippen molar-refractivity contribution >= 4 is 39.0 Å². The van der Waals surface area contributed by atoms with Crippen molar-refractivity contribution in [2.45, 2.75) is 19.6 Å². The van der Waals surface area contributed by atoms with Crippen molar-refractivity contribution in [3.05, 3.63) is 72.1 Å². The summed E-state index contributed by atoms with van der Waals surface area (Å²) >= 11 is 1.51. The third-order valence-corrected chi connectivity index (χ3v) is 5.65. The molecule has 2 N–H and O–H groups in total. The number of nitrogens with one attached hydrogen (secondary N) is 2. The summed E-state index contributed by atoms with van der Waals surface area (Å²) in [5, 5.41) is 6.75. The molecule has 1 amide bonds. The van der Waals surface area contributed by atoms with Crippen LogP contribution in [0.1, 0.15) is 18.1 Å². The van der Waals surface area contributed by atoms with Crippen LogP contribution in [0.3, 0.4) is 0 Å². The molecule has 2 heterocycles. The minimum atomic E-state index is -4.35. The van der Waals surface area contributed by atoms with Gasteiger partial charge in [-0.2, -0.15) is 13.2 Å². The van der Waals surface area contributed by atoms with E-state index in [2.05, 4.69) is 20.6 Å². The van der Waals surface area contributed by atoms with E-state index >= 15 is 0 Å². The molecule has 0 fully saturated rings. The molecule has 0 spiro atoms. The number of carbonyl (C=O) groups is 1. The van der Waals surface area contributed by atoms with Gasteiger partial charge in [-0.1, -0.05) is 24.3 Å². The lowest BCUT2D eigenvalue weighted by Crippen LogP contribution is -2.06. The number of halogens is 3. The highest BCUT2D eigenvalue weighted by molar-refractivity contribution is 7.21. The summed E-state index contributed by atoms with van der Waals surface area (Å²) in [4.78, 5) is 21.6. The van der Waals surface area contributed by atoms with E-state index in [1.165, 1.54) is 36.7 Å². The van der Waals surface area contributed by atoms with Crippen LogP contribution in [0.5, 0.6) is 0 Å². The molecule has 0 atom stereocenters. The number of rotatable bonds is 5. The Hall–Kier alpha value is -3.46. The van der Waals surface area contributed by atoms with Crippen LogP contribution in [0.2, 0.25) is 0 Å². The van der Waals surface area contributed by atoms with E-state index in [1.807, 2.05) is 30.3 Å². The molecule has 2 aromatic carbocycles. The minimum Gasteiger partial charge on any atom is -0.365 e. The zero-order valence-electron chi connectivity index (χ0n) is 16.3. The van der Waals surface area contributed by atoms with Gasteiger partial charge in [-0.15, -0.1) is 11.3 Å². The zero-order chi connectivity index (χ0) is 22.0. The Balaban J connectivity index is 1.53. The molecular formula is C22H17F3N4OS. The summed E-state index contributed by atoms with van der Waals surface area (Å²) in [6.07, 6.45) is -2.89. The number of alkyl halides is 3. The first-order valence-electron chi connectivity index (χ1n) is 9.32. The molecule has 0 bridgehead atoms. The van der Waals surface area contributed by atoms with Gasteiger partial charge in [0, 0.05) is 24.0 Å². The molecule has 0 saturated carbocycles. The maximum absolute atomic E-state index is 12.7. The summed E-state index contributed by atoms with van der Waals surface area (Å²) in [6.45, 7) is 1.79. The average molecular weight is 442 g/mol. The lowest BCUT2D eigenvalue weighted by molar-refractivity contribution is -0.137. The fraction of sp³-hybridized carbons (Fsp3) is 0.136. The molecule has 0 aliphatic rings. The molecule has 0 radical (unpaired) electrons. The molecule has 158 valence electrons. The molecular weight excluding hydrogens is 425 g/mol. The number of amides is 1. The van der Waals surface area contributed by atoms with E-state index in [0.717, 1.165) is 38.5 Å². The van der Waals surface area contributed by atoms with E-state index < -0.39 is 11.7 Å². The summed E-state index contributed by atoms with van der Waals surface area (Å²) in [7, 11) is 0. The number of hydrogen-bond donors (Lipinski definition) is 2. The van der Waals surface area contributed by atoms with E-state index in [0.29, 0.717) is 17.9 Å². The van der Waals surface area contributed by atoms with Crippen LogP contribution in [-0.4, -0.2) is 15.9 Å². The van der Waals surface area contributed by atoms with Crippen molar-refractivity contribution in [2.24, 2.45) is 0 Å². The molecule has 31 heavy (non-hydrogen) atoms. The molecule has 5 nitrogen and oxygen atoms in total. The topological polar surface area (TPSA) is 66.9 Å². The summed E-state index contributed by atoms with van der Waals surface area (Å²) < 4.78 is 38.1. The molecule has 2 aromatic heterocycles. The lowest BCUT2D eigenvalue weighted by Gasteiger charge is -2.09. The molecule has 4 aromatic rings. The van der Waals surface area contributed by atoms with Crippen molar-refractivity contribution in [2.75, 3.05) is 10.6 Å². The Bertz CT molecular complexity index is 1220. The van der Waals surface area contributed by atoms with Gasteiger partial charge < -0.3 is 10.6 Å². The number of carbonyl (C=O) groups excluding carboxylic acids is 1. The predicted molar refractivity (Wildman–Crippen MR) is 116 cm³/mol. The molecule has 0 saturated heterocycles. The van der Waals surface area contributed by atoms with Gasteiger partial charge >= 0.3 is 6.18 Å². The number of aromatic nitrogens is 2. The third-order valence-electron chi connectivity index (χ3n) is 4.56. The maximum atomic E-state index is 12.7. The quantitative estimate of drug-likeness (QED) is 0.401. The Labute approximate surface area is 180 Å². The first-order valence-corrected chi connectivity index (χ1v) is 10.1. The third kappa shape index (κ3) is 4.83. The summed E-state index contributed by atoms with van der Waals surface area (Å²) in [6, 6.07) is 14.5. The zero-order valence-corrected chi connectivity index (χ0v) is 17.1. The molecule has 9 heteroatoms. The number of anilines is 2. The predicted octanol–water partition coefficient (Wildman–Crippen LogP) is 5.95. The van der Waals surface area contributed by atoms with Gasteiger partial charge in [-0.05, 0) is 41.5 Å². The van der Waals surface area contributed by atoms with Crippen molar-refractivity contribution in [3.63, 3.8) is 0 Å². The van der Waals surface area contributed by atoms with Crippen LogP contribution in [0, 0.1) is 0 Å². The summed E-state index contributed by atoms with van der Waals surface area (Å²) in [5.74, 6) is 0.482. The highest BCUT2D eigenvalue weighted by atomic mass is 32.1. The second kappa shape index (κ2) is 8.35. The SMILES string of the molecule is CC(=O)Nc1ccc(-c2cc3c(NCc4ccc(C(F)(F)F)cc4)ncnc3s2)cc1. The van der Waals surface area contributed by atoms with Crippen LogP contribution < -0.4 is 10.6 Å². The monoisotopic (exact) mass is 442 g/mol. The molecule has 0 aliphatic carbocycles. The van der Waals surface area contributed by atoms with E-state index in [1.54, 1.807) is 0 Å². The van der Waals surface area contributed by atoms with Gasteiger partial charge in [-0.3, -0.25) is 4.79 Å². The second-order valence-electron chi connectivity index (χ2n) is 6.86. The fourth-order valence-electron chi connectivity index (χ4n) is 3.06. The number of benzene rings is 2. The maximum Gasteiger partial charge on any atom is 0.416 e. The van der Waals surface area contributed by atoms with Crippen LogP contribution in [0.15, 0.2) is 60.9 Å². The lowest BCUT2D eigenvalue weighted by atomic mass is 10.1. The number of fused-ring (bicyclic) bond motifs is 1. The normalized spacial score (nSPS) is 11.5. The van der Waals surface area contributed by atoms with Crippen molar-refractivity contribution < 1.29 is 18.0 Å². The number of hydrogen-bond acceptors (Lipinski definition) is 5. The highest BCUT2D eigenvalue weighted by Gasteiger charge is 2.29. The Morgan fingerprint density at radius 1 is 1.03 bits per heavy atom. The van der Waals surface area contributed by atoms with E-state index in [9.17, 15) is 18.0 Å². The highest BCUT2D eigenvalue weighted by Crippen LogP contribution is 2.35. The van der Waals surface area contributed by atoms with Gasteiger partial charge in [0.2, 0.25) is 5.91 Å². The largest absolute Gasteiger partial charge is 0.416 e. The standard InChI is InChI=1S/C22H17F3N4OS/c1-13(30)29-17-8-4-15(5-9-17)19-10-18-20(27-12-28-21(18)31-19)26-11-14-2-6-16(7-3-14)22(23,24)25/h2-10,12H,11H2,1H3,(H,29,30)(H,26,27,28). The summed E-state index contributed by atoms with van der Waals surface area (Å²) in [5.41, 5.74) is 1.73. The van der Waals surface area contributed by atoms with Gasteiger partial charge in [0.25, 0.3) is 0 Å². The fourth-order valence-corrected chi connectivity index (χ4v) is 4.06. The average Bonchev–Trinajstić information content (AvgIpc) is 3.17. The van der Waals surface area contributed by atoms with Crippen LogP contribution >= 0.6 is 11.3 Å². The van der Waals surface area contributed by atoms with Gasteiger partial charge in [0.1, 0.15) is 17.0 Å².